The number of nitrogens with zero attached hydrogens (tertiary/aromatic N) is 2. The largest absolute Gasteiger partial charge is 0.485 e. The van der Waals surface area contributed by atoms with Gasteiger partial charge in [-0.15, -0.1) is 11.3 Å². The third-order valence-electron chi connectivity index (χ3n) is 6.52. The first-order valence-electron chi connectivity index (χ1n) is 12.5. The van der Waals surface area contributed by atoms with Gasteiger partial charge in [0.15, 0.2) is 5.75 Å². The summed E-state index contributed by atoms with van der Waals surface area (Å²) in [5.41, 5.74) is 0.918. The number of carbonyl (C=O) groups excluding carboxylic acids is 2. The molecule has 1 aliphatic heterocycles. The van der Waals surface area contributed by atoms with E-state index in [1.54, 1.807) is 54.6 Å². The van der Waals surface area contributed by atoms with Crippen molar-refractivity contribution in [2.75, 3.05) is 36.8 Å². The molecular weight excluding hydrogens is 540 g/mol. The minimum atomic E-state index is -3.93. The van der Waals surface area contributed by atoms with Gasteiger partial charge in [-0.2, -0.15) is 0 Å². The molecule has 39 heavy (non-hydrogen) atoms. The van der Waals surface area contributed by atoms with E-state index in [0.29, 0.717) is 5.69 Å². The molecule has 1 aromatic heterocycles. The summed E-state index contributed by atoms with van der Waals surface area (Å²) >= 11 is 1.07. The number of hydrogen-bond acceptors (Lipinski definition) is 7. The molecule has 4 rings (SSSR count). The fourth-order valence-corrected chi connectivity index (χ4v) is 6.30. The van der Waals surface area contributed by atoms with E-state index in [1.807, 2.05) is 25.1 Å². The molecule has 12 heteroatoms. The van der Waals surface area contributed by atoms with Crippen molar-refractivity contribution >= 4 is 44.7 Å². The lowest BCUT2D eigenvalue weighted by Gasteiger charge is -2.38. The highest BCUT2D eigenvalue weighted by Crippen LogP contribution is 2.36. The van der Waals surface area contributed by atoms with Crippen molar-refractivity contribution < 1.29 is 27.9 Å². The quantitative estimate of drug-likeness (QED) is 0.375. The lowest BCUT2D eigenvalue weighted by atomic mass is 9.99. The van der Waals surface area contributed by atoms with Crippen LogP contribution in [0.3, 0.4) is 0 Å². The topological polar surface area (TPSA) is 128 Å². The minimum Gasteiger partial charge on any atom is -0.485 e. The molecule has 0 radical (unpaired) electrons. The van der Waals surface area contributed by atoms with Gasteiger partial charge < -0.3 is 25.0 Å². The predicted octanol–water partition coefficient (Wildman–Crippen LogP) is 3.93. The lowest BCUT2D eigenvalue weighted by Crippen LogP contribution is -2.50. The van der Waals surface area contributed by atoms with Gasteiger partial charge in [-0.05, 0) is 42.6 Å². The third kappa shape index (κ3) is 6.52. The van der Waals surface area contributed by atoms with Gasteiger partial charge in [-0.3, -0.25) is 9.52 Å². The van der Waals surface area contributed by atoms with Gasteiger partial charge >= 0.3 is 6.03 Å². The van der Waals surface area contributed by atoms with Crippen molar-refractivity contribution in [1.82, 2.24) is 9.80 Å². The monoisotopic (exact) mass is 572 g/mol. The van der Waals surface area contributed by atoms with E-state index in [0.717, 1.165) is 11.3 Å². The molecule has 208 valence electrons. The van der Waals surface area contributed by atoms with Gasteiger partial charge in [0.25, 0.3) is 15.9 Å². The summed E-state index contributed by atoms with van der Waals surface area (Å²) in [7, 11) is -2.29. The van der Waals surface area contributed by atoms with Crippen LogP contribution in [0.1, 0.15) is 24.2 Å². The maximum absolute atomic E-state index is 13.6. The van der Waals surface area contributed by atoms with Crippen LogP contribution >= 0.6 is 11.3 Å². The number of urea groups is 1. The predicted molar refractivity (Wildman–Crippen MR) is 151 cm³/mol. The second kappa shape index (κ2) is 12.1. The molecule has 2 heterocycles. The molecule has 0 spiro atoms. The summed E-state index contributed by atoms with van der Waals surface area (Å²) in [4.78, 5) is 29.6. The zero-order valence-corrected chi connectivity index (χ0v) is 23.5. The van der Waals surface area contributed by atoms with Crippen LogP contribution in [0, 0.1) is 5.92 Å². The number of para-hydroxylation sites is 2. The van der Waals surface area contributed by atoms with Gasteiger partial charge in [0.2, 0.25) is 0 Å². The first-order chi connectivity index (χ1) is 18.6. The molecule has 10 nitrogen and oxygen atoms in total. The number of benzene rings is 2. The second-order valence-electron chi connectivity index (χ2n) is 9.52. The number of nitrogens with one attached hydrogen (secondary N) is 2. The Morgan fingerprint density at radius 3 is 2.59 bits per heavy atom. The van der Waals surface area contributed by atoms with Crippen molar-refractivity contribution in [3.05, 3.63) is 71.6 Å². The van der Waals surface area contributed by atoms with Crippen LogP contribution in [0.15, 0.2) is 70.3 Å². The van der Waals surface area contributed by atoms with Crippen LogP contribution < -0.4 is 14.8 Å². The Balaban J connectivity index is 1.68. The number of fused-ring (bicyclic) bond motifs is 1. The van der Waals surface area contributed by atoms with E-state index in [-0.39, 0.29) is 58.8 Å². The number of rotatable bonds is 8. The Kier molecular flexibility index (Phi) is 8.78. The molecule has 3 aromatic rings. The molecule has 3 N–H and O–H groups in total. The van der Waals surface area contributed by atoms with Crippen molar-refractivity contribution in [2.24, 2.45) is 5.92 Å². The number of anilines is 2. The molecular formula is C27H32N4O6S2. The average Bonchev–Trinajstić information content (AvgIpc) is 3.47. The number of sulfonamides is 1. The molecule has 0 saturated carbocycles. The second-order valence-corrected chi connectivity index (χ2v) is 12.4. The maximum atomic E-state index is 13.6. The van der Waals surface area contributed by atoms with E-state index in [2.05, 4.69) is 10.0 Å². The highest BCUT2D eigenvalue weighted by atomic mass is 32.2. The number of carbonyl (C=O) groups is 2. The molecule has 3 atom stereocenters. The zero-order chi connectivity index (χ0) is 28.2. The van der Waals surface area contributed by atoms with Gasteiger partial charge in [0.1, 0.15) is 10.3 Å². The number of hydrogen-bond donors (Lipinski definition) is 3. The summed E-state index contributed by atoms with van der Waals surface area (Å²) in [6.07, 6.45) is -0.607. The third-order valence-corrected chi connectivity index (χ3v) is 9.28. The number of ether oxygens (including phenoxy) is 1. The standard InChI is InChI=1S/C27H32N4O6S2/c1-18-15-31(19(2)17-32)26(33)21-11-7-12-22(29-39(35,36)24-13-8-14-38-24)25(21)37-23(18)16-30(3)27(34)28-20-9-5-4-6-10-20/h4-14,18-19,23,29,32H,15-17H2,1-3H3,(H,28,34)/t18-,19+,23+/m0/s1. The van der Waals surface area contributed by atoms with Crippen LogP contribution in [-0.4, -0.2) is 74.2 Å². The number of likely N-dealkylation sites (N-methyl/N-ethyl adjacent to an activating group) is 1. The normalized spacial score (nSPS) is 18.3. The van der Waals surface area contributed by atoms with E-state index in [9.17, 15) is 23.1 Å². The molecule has 0 unspecified atom stereocenters. The van der Waals surface area contributed by atoms with Crippen LogP contribution in [0.5, 0.6) is 5.75 Å². The molecule has 3 amide bonds. The van der Waals surface area contributed by atoms with Gasteiger partial charge in [-0.25, -0.2) is 13.2 Å². The fourth-order valence-electron chi connectivity index (χ4n) is 4.25. The van der Waals surface area contributed by atoms with Crippen LogP contribution in [0.25, 0.3) is 0 Å². The van der Waals surface area contributed by atoms with Crippen LogP contribution in [0.4, 0.5) is 16.2 Å². The Morgan fingerprint density at radius 2 is 1.92 bits per heavy atom. The minimum absolute atomic E-state index is 0.0752. The Hall–Kier alpha value is -3.61. The Bertz CT molecular complexity index is 1400. The summed E-state index contributed by atoms with van der Waals surface area (Å²) in [5.74, 6) is -0.583. The Morgan fingerprint density at radius 1 is 1.18 bits per heavy atom. The summed E-state index contributed by atoms with van der Waals surface area (Å²) in [6.45, 7) is 3.81. The molecule has 1 aliphatic rings. The van der Waals surface area contributed by atoms with Crippen molar-refractivity contribution in [3.63, 3.8) is 0 Å². The van der Waals surface area contributed by atoms with Crippen LogP contribution in [-0.2, 0) is 10.0 Å². The van der Waals surface area contributed by atoms with E-state index >= 15 is 0 Å². The number of aliphatic hydroxyl groups excluding tert-OH is 1. The molecule has 0 bridgehead atoms. The van der Waals surface area contributed by atoms with E-state index in [4.69, 9.17) is 4.74 Å². The summed E-state index contributed by atoms with van der Waals surface area (Å²) < 4.78 is 35.2. The highest BCUT2D eigenvalue weighted by molar-refractivity contribution is 7.94. The van der Waals surface area contributed by atoms with Crippen molar-refractivity contribution in [3.8, 4) is 5.75 Å². The molecule has 0 fully saturated rings. The van der Waals surface area contributed by atoms with Crippen molar-refractivity contribution in [1.29, 1.82) is 0 Å². The SMILES string of the molecule is C[C@H](CO)N1C[C@H](C)[C@@H](CN(C)C(=O)Nc2ccccc2)Oc2c(NS(=O)(=O)c3cccs3)cccc2C1=O. The Labute approximate surface area is 232 Å². The molecule has 0 aliphatic carbocycles. The van der Waals surface area contributed by atoms with Crippen LogP contribution in [0.2, 0.25) is 0 Å². The first-order valence-corrected chi connectivity index (χ1v) is 14.8. The summed E-state index contributed by atoms with van der Waals surface area (Å²) in [6, 6.07) is 16.0. The zero-order valence-electron chi connectivity index (χ0n) is 21.9. The van der Waals surface area contributed by atoms with Crippen molar-refractivity contribution in [2.45, 2.75) is 30.2 Å². The number of aliphatic hydroxyl groups is 1. The lowest BCUT2D eigenvalue weighted by molar-refractivity contribution is 0.0373. The van der Waals surface area contributed by atoms with E-state index < -0.39 is 22.2 Å². The number of thiophene rings is 1. The first kappa shape index (κ1) is 28.4. The van der Waals surface area contributed by atoms with Gasteiger partial charge in [0, 0.05) is 25.2 Å². The fraction of sp³-hybridized carbons (Fsp3) is 0.333. The van der Waals surface area contributed by atoms with E-state index in [1.165, 1.54) is 17.0 Å². The maximum Gasteiger partial charge on any atom is 0.321 e. The smallest absolute Gasteiger partial charge is 0.321 e. The van der Waals surface area contributed by atoms with Gasteiger partial charge in [-0.1, -0.05) is 37.3 Å². The van der Waals surface area contributed by atoms with Gasteiger partial charge in [0.05, 0.1) is 30.4 Å². The highest BCUT2D eigenvalue weighted by Gasteiger charge is 2.35. The summed E-state index contributed by atoms with van der Waals surface area (Å²) in [5, 5.41) is 14.4. The number of amides is 3. The molecule has 2 aromatic carbocycles. The molecule has 0 saturated heterocycles. The average molecular weight is 573 g/mol.